The van der Waals surface area contributed by atoms with Gasteiger partial charge in [0.25, 0.3) is 0 Å². The summed E-state index contributed by atoms with van der Waals surface area (Å²) in [4.78, 5) is 31.8. The summed E-state index contributed by atoms with van der Waals surface area (Å²) in [6, 6.07) is 12.6. The largest absolute Gasteiger partial charge is 0.496 e. The molecule has 12 nitrogen and oxygen atoms in total. The number of benzene rings is 2. The van der Waals surface area contributed by atoms with E-state index in [-0.39, 0.29) is 39.5 Å². The van der Waals surface area contributed by atoms with Gasteiger partial charge in [-0.25, -0.2) is 19.3 Å². The van der Waals surface area contributed by atoms with Crippen LogP contribution in [0.1, 0.15) is 45.4 Å². The molecule has 1 saturated heterocycles. The highest BCUT2D eigenvalue weighted by atomic mass is 35.5. The van der Waals surface area contributed by atoms with Crippen molar-refractivity contribution >= 4 is 52.6 Å². The number of pyridine rings is 1. The number of methoxy groups -OCH3 is 1. The molecule has 1 aliphatic heterocycles. The number of hydrogen-bond donors (Lipinski definition) is 4. The first kappa shape index (κ1) is 33.8. The number of aliphatic hydroxyl groups excluding tert-OH is 1. The van der Waals surface area contributed by atoms with Crippen LogP contribution in [0.25, 0.3) is 5.69 Å². The fourth-order valence-electron chi connectivity index (χ4n) is 4.98. The average Bonchev–Trinajstić information content (AvgIpc) is 3.67. The van der Waals surface area contributed by atoms with Crippen molar-refractivity contribution in [1.29, 1.82) is 0 Å². The van der Waals surface area contributed by atoms with Gasteiger partial charge in [-0.15, -0.1) is 0 Å². The van der Waals surface area contributed by atoms with Crippen molar-refractivity contribution in [2.24, 2.45) is 5.92 Å². The first-order chi connectivity index (χ1) is 22.4. The van der Waals surface area contributed by atoms with Crippen molar-refractivity contribution < 1.29 is 24.2 Å². The number of carbonyl (C=O) groups is 2. The lowest BCUT2D eigenvalue weighted by atomic mass is 9.92. The lowest BCUT2D eigenvalue weighted by Gasteiger charge is -2.17. The summed E-state index contributed by atoms with van der Waals surface area (Å²) in [6.45, 7) is 9.37. The van der Waals surface area contributed by atoms with Gasteiger partial charge in [0.15, 0.2) is 0 Å². The molecule has 4 amide bonds. The van der Waals surface area contributed by atoms with E-state index in [9.17, 15) is 14.7 Å². The van der Waals surface area contributed by atoms with Crippen molar-refractivity contribution in [3.05, 3.63) is 76.0 Å². The molecule has 248 valence electrons. The molecular weight excluding hydrogens is 645 g/mol. The minimum absolute atomic E-state index is 0.0678. The first-order valence-corrected chi connectivity index (χ1v) is 15.8. The van der Waals surface area contributed by atoms with Crippen LogP contribution in [0.2, 0.25) is 10.0 Å². The van der Waals surface area contributed by atoms with E-state index in [1.807, 2.05) is 20.8 Å². The van der Waals surface area contributed by atoms with E-state index in [0.717, 1.165) is 12.1 Å². The third-order valence-corrected chi connectivity index (χ3v) is 8.47. The van der Waals surface area contributed by atoms with Crippen LogP contribution in [0.4, 0.5) is 26.9 Å². The predicted octanol–water partition coefficient (Wildman–Crippen LogP) is 7.68. The minimum atomic E-state index is -0.584. The molecule has 0 bridgehead atoms. The van der Waals surface area contributed by atoms with Crippen molar-refractivity contribution in [1.82, 2.24) is 19.7 Å². The number of carbonyl (C=O) groups excluding carboxylic acids is 2. The van der Waals surface area contributed by atoms with Gasteiger partial charge in [0, 0.05) is 48.5 Å². The van der Waals surface area contributed by atoms with E-state index in [0.29, 0.717) is 53.4 Å². The molecule has 0 aliphatic carbocycles. The van der Waals surface area contributed by atoms with Crippen LogP contribution in [-0.2, 0) is 12.0 Å². The fraction of sp³-hybridized carbons (Fsp3) is 0.333. The van der Waals surface area contributed by atoms with E-state index in [1.54, 1.807) is 58.1 Å². The zero-order chi connectivity index (χ0) is 33.9. The molecule has 3 heterocycles. The molecule has 4 aromatic rings. The number of amides is 4. The third-order valence-electron chi connectivity index (χ3n) is 7.61. The Kier molecular flexibility index (Phi) is 10.1. The second-order valence-corrected chi connectivity index (χ2v) is 13.1. The standard InChI is InChI=1S/C33H37Cl2N7O5/c1-19-11-13-41(17-19)32(45)38-27-15-22(10-12-36-27)47-24-9-8-23(29(34)30(24)35)37-31(44)39-28-16-26(33(2,3)4)40-42(28)21-7-6-20(18-43)25(14-21)46-5/h6-10,12,14-16,19,43H,11,13,17-18H2,1-5H3,(H,36,38,45)(H2,37,39,44). The molecular formula is C33H37Cl2N7O5. The highest BCUT2D eigenvalue weighted by Gasteiger charge is 2.24. The van der Waals surface area contributed by atoms with Gasteiger partial charge in [0.1, 0.15) is 33.9 Å². The van der Waals surface area contributed by atoms with Crippen LogP contribution in [-0.4, -0.2) is 57.0 Å². The Balaban J connectivity index is 1.30. The summed E-state index contributed by atoms with van der Waals surface area (Å²) in [5.41, 5.74) is 1.92. The quantitative estimate of drug-likeness (QED) is 0.149. The molecule has 4 N–H and O–H groups in total. The molecule has 47 heavy (non-hydrogen) atoms. The highest BCUT2D eigenvalue weighted by molar-refractivity contribution is 6.45. The number of halogens is 2. The van der Waals surface area contributed by atoms with Gasteiger partial charge >= 0.3 is 12.1 Å². The SMILES string of the molecule is COc1cc(-n2nc(C(C)(C)C)cc2NC(=O)Nc2ccc(Oc3ccnc(NC(=O)N4CCC(C)C4)c3)c(Cl)c2Cl)ccc1CO. The molecule has 1 unspecified atom stereocenters. The van der Waals surface area contributed by atoms with E-state index in [2.05, 4.69) is 27.9 Å². The average molecular weight is 683 g/mol. The summed E-state index contributed by atoms with van der Waals surface area (Å²) in [5.74, 6) is 2.31. The highest BCUT2D eigenvalue weighted by Crippen LogP contribution is 2.40. The van der Waals surface area contributed by atoms with Crippen LogP contribution in [0, 0.1) is 5.92 Å². The number of ether oxygens (including phenoxy) is 2. The molecule has 0 spiro atoms. The fourth-order valence-corrected chi connectivity index (χ4v) is 5.39. The monoisotopic (exact) mass is 681 g/mol. The summed E-state index contributed by atoms with van der Waals surface area (Å²) >= 11 is 13.1. The number of nitrogens with one attached hydrogen (secondary N) is 3. The van der Waals surface area contributed by atoms with Gasteiger partial charge in [-0.05, 0) is 36.6 Å². The maximum atomic E-state index is 13.2. The smallest absolute Gasteiger partial charge is 0.324 e. The van der Waals surface area contributed by atoms with Gasteiger partial charge in [0.2, 0.25) is 0 Å². The number of hydrogen-bond acceptors (Lipinski definition) is 7. The first-order valence-electron chi connectivity index (χ1n) is 15.0. The molecule has 2 aromatic carbocycles. The third kappa shape index (κ3) is 7.90. The lowest BCUT2D eigenvalue weighted by Crippen LogP contribution is -2.33. The van der Waals surface area contributed by atoms with Crippen LogP contribution in [0.5, 0.6) is 17.2 Å². The second kappa shape index (κ2) is 14.1. The topological polar surface area (TPSA) is 143 Å². The van der Waals surface area contributed by atoms with E-state index < -0.39 is 6.03 Å². The van der Waals surface area contributed by atoms with Gasteiger partial charge in [-0.2, -0.15) is 5.10 Å². The number of nitrogens with zero attached hydrogens (tertiary/aromatic N) is 4. The van der Waals surface area contributed by atoms with Gasteiger partial charge in [-0.1, -0.05) is 57.0 Å². The summed E-state index contributed by atoms with van der Waals surface area (Å²) < 4.78 is 13.0. The maximum Gasteiger partial charge on any atom is 0.324 e. The van der Waals surface area contributed by atoms with Crippen molar-refractivity contribution in [3.8, 4) is 22.9 Å². The molecule has 1 atom stereocenters. The summed E-state index contributed by atoms with van der Waals surface area (Å²) in [7, 11) is 1.52. The van der Waals surface area contributed by atoms with Crippen LogP contribution in [0.15, 0.2) is 54.7 Å². The zero-order valence-corrected chi connectivity index (χ0v) is 28.2. The Bertz CT molecular complexity index is 1790. The number of urea groups is 2. The van der Waals surface area contributed by atoms with Crippen LogP contribution in [0.3, 0.4) is 0 Å². The molecule has 14 heteroatoms. The number of aliphatic hydroxyl groups is 1. The molecule has 0 saturated carbocycles. The maximum absolute atomic E-state index is 13.2. The number of aromatic nitrogens is 3. The molecule has 2 aromatic heterocycles. The van der Waals surface area contributed by atoms with Crippen LogP contribution < -0.4 is 25.4 Å². The van der Waals surface area contributed by atoms with Crippen LogP contribution >= 0.6 is 23.2 Å². The van der Waals surface area contributed by atoms with Crippen molar-refractivity contribution in [2.75, 3.05) is 36.1 Å². The summed E-state index contributed by atoms with van der Waals surface area (Å²) in [5, 5.41) is 22.9. The predicted molar refractivity (Wildman–Crippen MR) is 183 cm³/mol. The zero-order valence-electron chi connectivity index (χ0n) is 26.7. The van der Waals surface area contributed by atoms with Crippen molar-refractivity contribution in [2.45, 2.75) is 46.1 Å². The Hall–Kier alpha value is -4.52. The number of likely N-dealkylation sites (tertiary alicyclic amines) is 1. The molecule has 0 radical (unpaired) electrons. The number of anilines is 3. The Morgan fingerprint density at radius 1 is 1.02 bits per heavy atom. The lowest BCUT2D eigenvalue weighted by molar-refractivity contribution is 0.221. The molecule has 5 rings (SSSR count). The van der Waals surface area contributed by atoms with Gasteiger partial charge in [0.05, 0.1) is 35.8 Å². The van der Waals surface area contributed by atoms with Gasteiger partial charge in [-0.3, -0.25) is 10.6 Å². The minimum Gasteiger partial charge on any atom is -0.496 e. The Morgan fingerprint density at radius 3 is 2.49 bits per heavy atom. The number of rotatable bonds is 8. The second-order valence-electron chi connectivity index (χ2n) is 12.3. The van der Waals surface area contributed by atoms with E-state index in [4.69, 9.17) is 37.8 Å². The van der Waals surface area contributed by atoms with Crippen molar-refractivity contribution in [3.63, 3.8) is 0 Å². The summed E-state index contributed by atoms with van der Waals surface area (Å²) in [6.07, 6.45) is 2.48. The van der Waals surface area contributed by atoms with E-state index >= 15 is 0 Å². The molecule has 1 aliphatic rings. The Labute approximate surface area is 283 Å². The molecule has 1 fully saturated rings. The Morgan fingerprint density at radius 2 is 1.81 bits per heavy atom. The normalized spacial score (nSPS) is 14.6. The van der Waals surface area contributed by atoms with Gasteiger partial charge < -0.3 is 24.8 Å². The van der Waals surface area contributed by atoms with E-state index in [1.165, 1.54) is 13.3 Å².